The van der Waals surface area contributed by atoms with Gasteiger partial charge in [-0.3, -0.25) is 14.7 Å². The molecule has 2 amide bonds. The number of hydrogen-bond acceptors (Lipinski definition) is 6. The van der Waals surface area contributed by atoms with Crippen molar-refractivity contribution in [3.8, 4) is 0 Å². The molecule has 0 saturated carbocycles. The number of hydrogen-bond donors (Lipinski definition) is 1. The number of aryl methyl sites for hydroxylation is 2. The Labute approximate surface area is 262 Å². The Kier molecular flexibility index (Phi) is 8.42. The van der Waals surface area contributed by atoms with E-state index < -0.39 is 17.7 Å². The molecule has 6 rings (SSSR count). The molecule has 2 atom stereocenters. The van der Waals surface area contributed by atoms with Crippen LogP contribution in [0.3, 0.4) is 0 Å². The molecular weight excluding hydrogens is 576 g/mol. The fourth-order valence-electron chi connectivity index (χ4n) is 6.11. The van der Waals surface area contributed by atoms with E-state index in [2.05, 4.69) is 27.3 Å². The molecule has 1 unspecified atom stereocenters. The number of ether oxygens (including phenoxy) is 1. The fourth-order valence-corrected chi connectivity index (χ4v) is 6.31. The third kappa shape index (κ3) is 6.64. The number of carbonyl (C=O) groups excluding carboxylic acids is 2. The minimum absolute atomic E-state index is 0.178. The first-order valence-corrected chi connectivity index (χ1v) is 15.3. The van der Waals surface area contributed by atoms with Crippen molar-refractivity contribution in [3.05, 3.63) is 112 Å². The molecule has 1 aliphatic heterocycles. The summed E-state index contributed by atoms with van der Waals surface area (Å²) in [5, 5.41) is 3.84. The van der Waals surface area contributed by atoms with Crippen LogP contribution in [0, 0.1) is 0 Å². The molecule has 1 fully saturated rings. The number of anilines is 1. The van der Waals surface area contributed by atoms with Crippen molar-refractivity contribution in [1.82, 2.24) is 24.3 Å². The Morgan fingerprint density at radius 2 is 1.86 bits per heavy atom. The van der Waals surface area contributed by atoms with Crippen LogP contribution in [0.5, 0.6) is 0 Å². The molecule has 44 heavy (non-hydrogen) atoms. The Hall–Kier alpha value is -4.21. The first kappa shape index (κ1) is 29.8. The molecule has 10 heteroatoms. The Morgan fingerprint density at radius 1 is 1.02 bits per heavy atom. The number of pyridine rings is 1. The molecule has 2 aromatic carbocycles. The maximum Gasteiger partial charge on any atom is 0.410 e. The lowest BCUT2D eigenvalue weighted by Crippen LogP contribution is -2.60. The van der Waals surface area contributed by atoms with Gasteiger partial charge in [0.1, 0.15) is 11.6 Å². The number of rotatable bonds is 5. The van der Waals surface area contributed by atoms with E-state index in [0.717, 1.165) is 40.8 Å². The largest absolute Gasteiger partial charge is 0.444 e. The summed E-state index contributed by atoms with van der Waals surface area (Å²) in [5.74, 6) is -0.199. The van der Waals surface area contributed by atoms with Crippen molar-refractivity contribution < 1.29 is 14.3 Å². The quantitative estimate of drug-likeness (QED) is 0.310. The van der Waals surface area contributed by atoms with Gasteiger partial charge in [0, 0.05) is 55.5 Å². The molecule has 1 saturated heterocycles. The highest BCUT2D eigenvalue weighted by molar-refractivity contribution is 6.30. The molecule has 228 valence electrons. The minimum Gasteiger partial charge on any atom is -0.444 e. The number of nitrogens with one attached hydrogen (secondary N) is 1. The lowest BCUT2D eigenvalue weighted by atomic mass is 9.94. The van der Waals surface area contributed by atoms with E-state index >= 15 is 0 Å². The maximum absolute atomic E-state index is 14.3. The number of piperazine rings is 1. The van der Waals surface area contributed by atoms with E-state index in [4.69, 9.17) is 21.3 Å². The lowest BCUT2D eigenvalue weighted by Gasteiger charge is -2.44. The second kappa shape index (κ2) is 12.4. The number of imidazole rings is 1. The lowest BCUT2D eigenvalue weighted by molar-refractivity contribution is -0.124. The van der Waals surface area contributed by atoms with Gasteiger partial charge in [0.25, 0.3) is 0 Å². The van der Waals surface area contributed by atoms with Gasteiger partial charge in [-0.1, -0.05) is 35.9 Å². The van der Waals surface area contributed by atoms with Gasteiger partial charge in [0.05, 0.1) is 18.1 Å². The molecule has 0 spiro atoms. The highest BCUT2D eigenvalue weighted by atomic mass is 35.5. The zero-order valence-electron chi connectivity index (χ0n) is 25.2. The monoisotopic (exact) mass is 612 g/mol. The highest BCUT2D eigenvalue weighted by Crippen LogP contribution is 2.39. The van der Waals surface area contributed by atoms with Crippen LogP contribution in [0.25, 0.3) is 0 Å². The number of nitrogens with zero attached hydrogens (tertiary/aromatic N) is 5. The highest BCUT2D eigenvalue weighted by Gasteiger charge is 2.42. The molecular formula is C34H37ClN6O3. The van der Waals surface area contributed by atoms with Crippen molar-refractivity contribution >= 4 is 29.3 Å². The van der Waals surface area contributed by atoms with Crippen LogP contribution in [0.1, 0.15) is 54.8 Å². The zero-order chi connectivity index (χ0) is 30.8. The predicted octanol–water partition coefficient (Wildman–Crippen LogP) is 5.73. The number of aromatic nitrogens is 3. The van der Waals surface area contributed by atoms with Gasteiger partial charge < -0.3 is 19.5 Å². The van der Waals surface area contributed by atoms with Crippen molar-refractivity contribution in [2.45, 2.75) is 57.8 Å². The molecule has 9 nitrogen and oxygen atoms in total. The molecule has 3 heterocycles. The summed E-state index contributed by atoms with van der Waals surface area (Å²) in [6.07, 6.45) is 8.44. The Bertz CT molecular complexity index is 1650. The molecule has 2 aromatic heterocycles. The summed E-state index contributed by atoms with van der Waals surface area (Å²) in [4.78, 5) is 40.3. The van der Waals surface area contributed by atoms with E-state index in [9.17, 15) is 9.59 Å². The number of fused-ring (bicyclic) bond motifs is 2. The Balaban J connectivity index is 1.35. The summed E-state index contributed by atoms with van der Waals surface area (Å²) in [7, 11) is 0. The van der Waals surface area contributed by atoms with Crippen molar-refractivity contribution in [2.24, 2.45) is 0 Å². The maximum atomic E-state index is 14.3. The SMILES string of the molecule is CC(C)(C)OC(=O)N1CCN([C@@H]2c3ccc(Cl)cc3CCc3cccnc32)C(C(=O)Nc2cccc(Cn3ccnc3)c2)C1. The van der Waals surface area contributed by atoms with Crippen LogP contribution in [-0.2, 0) is 28.9 Å². The van der Waals surface area contributed by atoms with Crippen LogP contribution >= 0.6 is 11.6 Å². The number of amides is 2. The van der Waals surface area contributed by atoms with Crippen LogP contribution in [-0.4, -0.2) is 67.6 Å². The third-order valence-corrected chi connectivity index (χ3v) is 8.31. The summed E-state index contributed by atoms with van der Waals surface area (Å²) in [6, 6.07) is 16.9. The van der Waals surface area contributed by atoms with E-state index in [1.165, 1.54) is 0 Å². The van der Waals surface area contributed by atoms with Crippen LogP contribution in [0.2, 0.25) is 5.02 Å². The summed E-state index contributed by atoms with van der Waals surface area (Å²) < 4.78 is 7.69. The average Bonchev–Trinajstić information content (AvgIpc) is 3.44. The normalized spacial score (nSPS) is 18.6. The van der Waals surface area contributed by atoms with E-state index in [0.29, 0.717) is 30.3 Å². The van der Waals surface area contributed by atoms with Gasteiger partial charge in [-0.25, -0.2) is 9.78 Å². The molecule has 1 N–H and O–H groups in total. The number of carbonyl (C=O) groups is 2. The van der Waals surface area contributed by atoms with Gasteiger partial charge in [-0.15, -0.1) is 0 Å². The number of halogens is 1. The summed E-state index contributed by atoms with van der Waals surface area (Å²) >= 11 is 6.45. The molecule has 0 bridgehead atoms. The predicted molar refractivity (Wildman–Crippen MR) is 170 cm³/mol. The first-order chi connectivity index (χ1) is 21.1. The molecule has 2 aliphatic rings. The van der Waals surface area contributed by atoms with Crippen molar-refractivity contribution in [2.75, 3.05) is 25.0 Å². The molecule has 0 radical (unpaired) electrons. The van der Waals surface area contributed by atoms with Crippen LogP contribution < -0.4 is 5.32 Å². The fraction of sp³-hybridized carbons (Fsp3) is 0.353. The van der Waals surface area contributed by atoms with Gasteiger partial charge in [0.2, 0.25) is 5.91 Å². The van der Waals surface area contributed by atoms with Gasteiger partial charge in [-0.05, 0) is 86.2 Å². The van der Waals surface area contributed by atoms with Gasteiger partial charge >= 0.3 is 6.09 Å². The van der Waals surface area contributed by atoms with Crippen molar-refractivity contribution in [3.63, 3.8) is 0 Å². The van der Waals surface area contributed by atoms with Crippen LogP contribution in [0.4, 0.5) is 10.5 Å². The van der Waals surface area contributed by atoms with Gasteiger partial charge in [0.15, 0.2) is 0 Å². The second-order valence-corrected chi connectivity index (χ2v) is 12.8. The minimum atomic E-state index is -0.671. The third-order valence-electron chi connectivity index (χ3n) is 8.08. The van der Waals surface area contributed by atoms with E-state index in [1.807, 2.05) is 80.2 Å². The summed E-state index contributed by atoms with van der Waals surface area (Å²) in [5.41, 5.74) is 5.37. The van der Waals surface area contributed by atoms with Gasteiger partial charge in [-0.2, -0.15) is 0 Å². The zero-order valence-corrected chi connectivity index (χ0v) is 26.0. The second-order valence-electron chi connectivity index (χ2n) is 12.4. The van der Waals surface area contributed by atoms with Crippen LogP contribution in [0.15, 0.2) is 79.5 Å². The molecule has 1 aliphatic carbocycles. The first-order valence-electron chi connectivity index (χ1n) is 15.0. The van der Waals surface area contributed by atoms with E-state index in [1.54, 1.807) is 17.4 Å². The summed E-state index contributed by atoms with van der Waals surface area (Å²) in [6.45, 7) is 7.23. The van der Waals surface area contributed by atoms with Crippen molar-refractivity contribution in [1.29, 1.82) is 0 Å². The Morgan fingerprint density at radius 3 is 2.66 bits per heavy atom. The smallest absolute Gasteiger partial charge is 0.410 e. The van der Waals surface area contributed by atoms with E-state index in [-0.39, 0.29) is 18.5 Å². The standard InChI is InChI=1S/C34H37ClN6O3/c1-34(2,3)44-33(43)40-16-17-41(31-28-12-11-26(35)19-25(28)10-9-24-7-5-13-37-30(24)31)29(21-40)32(42)38-27-8-4-6-23(18-27)20-39-15-14-36-22-39/h4-8,11-15,18-19,22,29,31H,9-10,16-17,20-21H2,1-3H3,(H,38,42)/t29?,31-/m1/s1. The topological polar surface area (TPSA) is 92.6 Å². The number of benzene rings is 2. The average molecular weight is 613 g/mol. The molecule has 4 aromatic rings.